The Hall–Kier alpha value is -1.96. The number of hydrogen-bond acceptors (Lipinski definition) is 3. The van der Waals surface area contributed by atoms with Crippen molar-refractivity contribution in [2.45, 2.75) is 11.8 Å². The smallest absolute Gasteiger partial charge is 0.238 e. The lowest BCUT2D eigenvalue weighted by atomic mass is 10.2. The van der Waals surface area contributed by atoms with Gasteiger partial charge in [0.05, 0.1) is 4.90 Å². The van der Waals surface area contributed by atoms with Gasteiger partial charge in [0.2, 0.25) is 10.0 Å². The van der Waals surface area contributed by atoms with E-state index in [2.05, 4.69) is 10.6 Å². The zero-order valence-electron chi connectivity index (χ0n) is 11.3. The molecule has 0 unspecified atom stereocenters. The summed E-state index contributed by atoms with van der Waals surface area (Å²) in [5, 5.41) is 11.5. The Labute approximate surface area is 129 Å². The van der Waals surface area contributed by atoms with Crippen molar-refractivity contribution in [1.29, 1.82) is 0 Å². The molecular weight excluding hydrogens is 306 g/mol. The highest BCUT2D eigenvalue weighted by Gasteiger charge is 2.07. The van der Waals surface area contributed by atoms with E-state index in [1.54, 1.807) is 12.1 Å². The molecule has 0 aliphatic heterocycles. The van der Waals surface area contributed by atoms with Gasteiger partial charge in [-0.2, -0.15) is 0 Å². The summed E-state index contributed by atoms with van der Waals surface area (Å²) >= 11 is 5.22. The molecule has 0 bridgehead atoms. The van der Waals surface area contributed by atoms with Gasteiger partial charge in [-0.1, -0.05) is 18.2 Å². The van der Waals surface area contributed by atoms with Crippen LogP contribution in [-0.4, -0.2) is 13.5 Å². The quantitative estimate of drug-likeness (QED) is 0.756. The van der Waals surface area contributed by atoms with E-state index in [1.807, 2.05) is 31.2 Å². The minimum atomic E-state index is -3.68. The van der Waals surface area contributed by atoms with Crippen LogP contribution in [-0.2, 0) is 10.0 Å². The summed E-state index contributed by atoms with van der Waals surface area (Å²) in [6.45, 7) is 1.98. The first-order chi connectivity index (χ1) is 9.86. The minimum absolute atomic E-state index is 0.0610. The predicted octanol–water partition coefficient (Wildman–Crippen LogP) is 2.45. The lowest BCUT2D eigenvalue weighted by molar-refractivity contribution is 0.598. The van der Waals surface area contributed by atoms with Crippen molar-refractivity contribution < 1.29 is 8.42 Å². The van der Waals surface area contributed by atoms with Crippen molar-refractivity contribution in [2.75, 3.05) is 10.6 Å². The van der Waals surface area contributed by atoms with Crippen molar-refractivity contribution in [1.82, 2.24) is 0 Å². The Bertz CT molecular complexity index is 756. The zero-order valence-corrected chi connectivity index (χ0v) is 13.0. The number of nitrogens with one attached hydrogen (secondary N) is 2. The normalized spacial score (nSPS) is 11.0. The molecule has 0 aliphatic rings. The van der Waals surface area contributed by atoms with Crippen LogP contribution in [0.4, 0.5) is 11.4 Å². The molecule has 5 nitrogen and oxygen atoms in total. The van der Waals surface area contributed by atoms with Crippen molar-refractivity contribution in [3.63, 3.8) is 0 Å². The van der Waals surface area contributed by atoms with Gasteiger partial charge in [-0.05, 0) is 55.0 Å². The van der Waals surface area contributed by atoms with Crippen LogP contribution in [0.5, 0.6) is 0 Å². The van der Waals surface area contributed by atoms with Gasteiger partial charge >= 0.3 is 0 Å². The van der Waals surface area contributed by atoms with Crippen molar-refractivity contribution in [3.8, 4) is 0 Å². The highest BCUT2D eigenvalue weighted by molar-refractivity contribution is 7.89. The first kappa shape index (κ1) is 15.4. The average molecular weight is 321 g/mol. The van der Waals surface area contributed by atoms with Gasteiger partial charge in [0, 0.05) is 11.4 Å². The third-order valence-corrected chi connectivity index (χ3v) is 3.97. The Morgan fingerprint density at radius 1 is 1.05 bits per heavy atom. The Morgan fingerprint density at radius 3 is 2.24 bits per heavy atom. The molecule has 0 radical (unpaired) electrons. The summed E-state index contributed by atoms with van der Waals surface area (Å²) in [5.41, 5.74) is 2.66. The van der Waals surface area contributed by atoms with Gasteiger partial charge in [0.25, 0.3) is 0 Å². The van der Waals surface area contributed by atoms with Crippen LogP contribution in [0.25, 0.3) is 0 Å². The Morgan fingerprint density at radius 2 is 1.67 bits per heavy atom. The average Bonchev–Trinajstić information content (AvgIpc) is 2.41. The third kappa shape index (κ3) is 4.25. The van der Waals surface area contributed by atoms with Gasteiger partial charge in [0.15, 0.2) is 5.11 Å². The molecule has 0 atom stereocenters. The lowest BCUT2D eigenvalue weighted by Gasteiger charge is -2.12. The van der Waals surface area contributed by atoms with E-state index < -0.39 is 10.0 Å². The number of primary sulfonamides is 1. The van der Waals surface area contributed by atoms with E-state index >= 15 is 0 Å². The number of rotatable bonds is 3. The fraction of sp³-hybridized carbons (Fsp3) is 0.0714. The fourth-order valence-electron chi connectivity index (χ4n) is 1.73. The molecule has 0 aliphatic carbocycles. The van der Waals surface area contributed by atoms with E-state index in [0.717, 1.165) is 11.3 Å². The zero-order chi connectivity index (χ0) is 15.5. The first-order valence-electron chi connectivity index (χ1n) is 6.13. The van der Waals surface area contributed by atoms with E-state index in [-0.39, 0.29) is 4.90 Å². The van der Waals surface area contributed by atoms with Gasteiger partial charge in [-0.15, -0.1) is 0 Å². The molecule has 0 heterocycles. The first-order valence-corrected chi connectivity index (χ1v) is 8.08. The summed E-state index contributed by atoms with van der Waals surface area (Å²) in [6, 6.07) is 13.8. The summed E-state index contributed by atoms with van der Waals surface area (Å²) < 4.78 is 22.3. The Kier molecular flexibility index (Phi) is 4.56. The molecule has 4 N–H and O–H groups in total. The predicted molar refractivity (Wildman–Crippen MR) is 88.8 cm³/mol. The van der Waals surface area contributed by atoms with Crippen LogP contribution in [0.2, 0.25) is 0 Å². The largest absolute Gasteiger partial charge is 0.332 e. The molecule has 110 valence electrons. The molecule has 0 aromatic heterocycles. The van der Waals surface area contributed by atoms with Crippen molar-refractivity contribution in [3.05, 3.63) is 54.1 Å². The highest BCUT2D eigenvalue weighted by atomic mass is 32.2. The summed E-state index contributed by atoms with van der Waals surface area (Å²) in [7, 11) is -3.68. The van der Waals surface area contributed by atoms with Crippen LogP contribution in [0.15, 0.2) is 53.4 Å². The van der Waals surface area contributed by atoms with E-state index in [0.29, 0.717) is 10.8 Å². The molecule has 2 rings (SSSR count). The molecule has 0 spiro atoms. The SMILES string of the molecule is Cc1ccccc1NC(=S)Nc1ccc(S(N)(=O)=O)cc1. The number of nitrogens with two attached hydrogens (primary N) is 1. The number of thiocarbonyl (C=S) groups is 1. The van der Waals surface area contributed by atoms with E-state index in [1.165, 1.54) is 12.1 Å². The number of hydrogen-bond donors (Lipinski definition) is 3. The summed E-state index contributed by atoms with van der Waals surface area (Å²) in [5.74, 6) is 0. The lowest BCUT2D eigenvalue weighted by Crippen LogP contribution is -2.19. The third-order valence-electron chi connectivity index (χ3n) is 2.83. The highest BCUT2D eigenvalue weighted by Crippen LogP contribution is 2.15. The van der Waals surface area contributed by atoms with Crippen LogP contribution in [0.1, 0.15) is 5.56 Å². The Balaban J connectivity index is 2.05. The number of benzene rings is 2. The number of sulfonamides is 1. The molecule has 0 amide bonds. The second-order valence-electron chi connectivity index (χ2n) is 4.46. The maximum absolute atomic E-state index is 11.2. The maximum atomic E-state index is 11.2. The number of aryl methyl sites for hydroxylation is 1. The fourth-order valence-corrected chi connectivity index (χ4v) is 2.47. The molecule has 7 heteroatoms. The number of para-hydroxylation sites is 1. The molecule has 0 saturated heterocycles. The second kappa shape index (κ2) is 6.21. The van der Waals surface area contributed by atoms with Gasteiger partial charge < -0.3 is 10.6 Å². The van der Waals surface area contributed by atoms with Crippen LogP contribution in [0, 0.1) is 6.92 Å². The molecule has 0 saturated carbocycles. The van der Waals surface area contributed by atoms with Crippen LogP contribution in [0.3, 0.4) is 0 Å². The minimum Gasteiger partial charge on any atom is -0.332 e. The standard InChI is InChI=1S/C14H15N3O2S2/c1-10-4-2-3-5-13(10)17-14(20)16-11-6-8-12(9-7-11)21(15,18)19/h2-9H,1H3,(H2,15,18,19)(H2,16,17,20). The van der Waals surface area contributed by atoms with Gasteiger partial charge in [0.1, 0.15) is 0 Å². The molecular formula is C14H15N3O2S2. The second-order valence-corrected chi connectivity index (χ2v) is 6.43. The topological polar surface area (TPSA) is 84.2 Å². The van der Waals surface area contributed by atoms with Crippen LogP contribution < -0.4 is 15.8 Å². The molecule has 21 heavy (non-hydrogen) atoms. The van der Waals surface area contributed by atoms with Gasteiger partial charge in [-0.3, -0.25) is 0 Å². The summed E-state index contributed by atoms with van der Waals surface area (Å²) in [4.78, 5) is 0.0610. The van der Waals surface area contributed by atoms with E-state index in [9.17, 15) is 8.42 Å². The molecule has 0 fully saturated rings. The van der Waals surface area contributed by atoms with Crippen molar-refractivity contribution in [2.24, 2.45) is 5.14 Å². The molecule has 2 aromatic carbocycles. The molecule has 2 aromatic rings. The van der Waals surface area contributed by atoms with E-state index in [4.69, 9.17) is 17.4 Å². The maximum Gasteiger partial charge on any atom is 0.238 e. The summed E-state index contributed by atoms with van der Waals surface area (Å²) in [6.07, 6.45) is 0. The van der Waals surface area contributed by atoms with Crippen LogP contribution >= 0.6 is 12.2 Å². The van der Waals surface area contributed by atoms with Gasteiger partial charge in [-0.25, -0.2) is 13.6 Å². The van der Waals surface area contributed by atoms with Crippen molar-refractivity contribution >= 4 is 38.7 Å². The monoisotopic (exact) mass is 321 g/mol. The number of anilines is 2.